The Bertz CT molecular complexity index is 1320. The monoisotopic (exact) mass is 630 g/mol. The van der Waals surface area contributed by atoms with E-state index in [-0.39, 0.29) is 30.7 Å². The van der Waals surface area contributed by atoms with Crippen LogP contribution >= 0.6 is 0 Å². The fraction of sp³-hybridized carbons (Fsp3) is 0.486. The molecule has 3 atom stereocenters. The lowest BCUT2D eigenvalue weighted by Gasteiger charge is -2.32. The molecule has 4 rings (SSSR count). The molecule has 248 valence electrons. The first kappa shape index (κ1) is 36.2. The van der Waals surface area contributed by atoms with Gasteiger partial charge in [-0.25, -0.2) is 0 Å². The van der Waals surface area contributed by atoms with Gasteiger partial charge in [-0.1, -0.05) is 94.3 Å². The molecule has 2 aromatic carbocycles. The van der Waals surface area contributed by atoms with Crippen molar-refractivity contribution in [2.24, 2.45) is 5.92 Å². The molecule has 1 saturated heterocycles. The Morgan fingerprint density at radius 2 is 1.57 bits per heavy atom. The second-order valence-electron chi connectivity index (χ2n) is 12.1. The molecule has 1 unspecified atom stereocenters. The minimum Gasteiger partial charge on any atom is -0.346 e. The van der Waals surface area contributed by atoms with Gasteiger partial charge in [-0.3, -0.25) is 24.0 Å². The summed E-state index contributed by atoms with van der Waals surface area (Å²) in [5.41, 5.74) is 3.37. The topological polar surface area (TPSA) is 125 Å². The van der Waals surface area contributed by atoms with Crippen LogP contribution in [0.3, 0.4) is 0 Å². The second kappa shape index (κ2) is 18.6. The van der Waals surface area contributed by atoms with Gasteiger partial charge in [0.1, 0.15) is 12.1 Å². The molecule has 2 aromatic rings. The maximum atomic E-state index is 14.2. The van der Waals surface area contributed by atoms with Gasteiger partial charge in [0.25, 0.3) is 5.91 Å². The number of amides is 4. The Hall–Kier alpha value is -4.27. The van der Waals surface area contributed by atoms with Crippen LogP contribution in [-0.2, 0) is 43.2 Å². The Balaban J connectivity index is 0.00000185. The van der Waals surface area contributed by atoms with Gasteiger partial charge in [0.15, 0.2) is 0 Å². The molecule has 46 heavy (non-hydrogen) atoms. The van der Waals surface area contributed by atoms with E-state index in [9.17, 15) is 24.0 Å². The molecule has 0 aromatic heterocycles. The number of benzene rings is 2. The minimum absolute atomic E-state index is 0.141. The van der Waals surface area contributed by atoms with E-state index in [1.165, 1.54) is 12.5 Å². The number of nitrogens with zero attached hydrogens (tertiary/aromatic N) is 1. The SMILES string of the molecule is C=CCNC(=O)C(=O)C(CCC)NC(=O)[C@@H]1CCCN1C(=O)[C@@H](NC(=O)CCc1ccccc1)C1Cc2ccccc2C1.CCC. The molecule has 0 saturated carbocycles. The fourth-order valence-corrected chi connectivity index (χ4v) is 6.08. The van der Waals surface area contributed by atoms with Gasteiger partial charge in [0.2, 0.25) is 23.5 Å². The molecule has 0 bridgehead atoms. The average Bonchev–Trinajstić information content (AvgIpc) is 3.73. The van der Waals surface area contributed by atoms with Crippen molar-refractivity contribution < 1.29 is 24.0 Å². The third-order valence-corrected chi connectivity index (χ3v) is 8.30. The summed E-state index contributed by atoms with van der Waals surface area (Å²) in [5.74, 6) is -2.60. The Kier molecular flexibility index (Phi) is 14.7. The van der Waals surface area contributed by atoms with E-state index in [4.69, 9.17) is 0 Å². The Morgan fingerprint density at radius 1 is 0.935 bits per heavy atom. The number of nitrogens with one attached hydrogen (secondary N) is 3. The molecule has 2 aliphatic rings. The molecule has 9 nitrogen and oxygen atoms in total. The number of ketones is 1. The van der Waals surface area contributed by atoms with E-state index >= 15 is 0 Å². The van der Waals surface area contributed by atoms with Crippen LogP contribution in [0.25, 0.3) is 0 Å². The van der Waals surface area contributed by atoms with Crippen LogP contribution in [-0.4, -0.2) is 65.5 Å². The molecule has 3 N–H and O–H groups in total. The van der Waals surface area contributed by atoms with Gasteiger partial charge in [-0.05, 0) is 61.1 Å². The van der Waals surface area contributed by atoms with Crippen LogP contribution < -0.4 is 16.0 Å². The molecule has 0 spiro atoms. The lowest BCUT2D eigenvalue weighted by molar-refractivity contribution is -0.144. The number of carbonyl (C=O) groups is 5. The van der Waals surface area contributed by atoms with Gasteiger partial charge < -0.3 is 20.9 Å². The Morgan fingerprint density at radius 3 is 2.17 bits per heavy atom. The number of Topliss-reactive ketones (excluding diaryl/α,β-unsaturated/α-hetero) is 1. The van der Waals surface area contributed by atoms with Gasteiger partial charge >= 0.3 is 0 Å². The van der Waals surface area contributed by atoms with Crippen LogP contribution in [0.4, 0.5) is 0 Å². The van der Waals surface area contributed by atoms with Crippen LogP contribution in [0, 0.1) is 5.92 Å². The number of likely N-dealkylation sites (tertiary alicyclic amines) is 1. The summed E-state index contributed by atoms with van der Waals surface area (Å²) in [5, 5.41) is 8.26. The number of carbonyl (C=O) groups excluding carboxylic acids is 5. The second-order valence-corrected chi connectivity index (χ2v) is 12.1. The first-order valence-electron chi connectivity index (χ1n) is 16.7. The van der Waals surface area contributed by atoms with Crippen LogP contribution in [0.1, 0.15) is 76.0 Å². The third kappa shape index (κ3) is 10.1. The summed E-state index contributed by atoms with van der Waals surface area (Å²) in [6, 6.07) is 15.2. The van der Waals surface area contributed by atoms with Gasteiger partial charge in [-0.15, -0.1) is 6.58 Å². The molecule has 1 fully saturated rings. The van der Waals surface area contributed by atoms with E-state index in [2.05, 4.69) is 48.5 Å². The molecule has 1 aliphatic heterocycles. The van der Waals surface area contributed by atoms with Crippen LogP contribution in [0.5, 0.6) is 0 Å². The molecular weight excluding hydrogens is 580 g/mol. The molecule has 1 aliphatic carbocycles. The van der Waals surface area contributed by atoms with Crippen molar-refractivity contribution >= 4 is 29.4 Å². The minimum atomic E-state index is -0.988. The lowest BCUT2D eigenvalue weighted by Crippen LogP contribution is -2.58. The van der Waals surface area contributed by atoms with Crippen molar-refractivity contribution in [3.8, 4) is 0 Å². The van der Waals surface area contributed by atoms with Gasteiger partial charge in [0.05, 0.1) is 6.04 Å². The Labute approximate surface area is 273 Å². The van der Waals surface area contributed by atoms with E-state index in [1.807, 2.05) is 49.4 Å². The average molecular weight is 631 g/mol. The zero-order valence-electron chi connectivity index (χ0n) is 27.6. The normalized spacial score (nSPS) is 16.7. The smallest absolute Gasteiger partial charge is 0.289 e. The lowest BCUT2D eigenvalue weighted by atomic mass is 9.94. The highest BCUT2D eigenvalue weighted by Crippen LogP contribution is 2.31. The molecule has 9 heteroatoms. The zero-order chi connectivity index (χ0) is 33.5. The first-order valence-corrected chi connectivity index (χ1v) is 16.7. The number of rotatable bonds is 14. The molecule has 4 amide bonds. The maximum absolute atomic E-state index is 14.2. The van der Waals surface area contributed by atoms with Crippen molar-refractivity contribution in [2.45, 2.75) is 96.7 Å². The summed E-state index contributed by atoms with van der Waals surface area (Å²) in [6.07, 6.45) is 6.77. The zero-order valence-corrected chi connectivity index (χ0v) is 27.6. The molecule has 0 radical (unpaired) electrons. The van der Waals surface area contributed by atoms with E-state index < -0.39 is 35.7 Å². The maximum Gasteiger partial charge on any atom is 0.289 e. The summed E-state index contributed by atoms with van der Waals surface area (Å²) >= 11 is 0. The van der Waals surface area contributed by atoms with Crippen LogP contribution in [0.2, 0.25) is 0 Å². The predicted octanol–water partition coefficient (Wildman–Crippen LogP) is 4.08. The molecule has 1 heterocycles. The number of hydrogen-bond acceptors (Lipinski definition) is 5. The largest absolute Gasteiger partial charge is 0.346 e. The van der Waals surface area contributed by atoms with E-state index in [0.29, 0.717) is 51.5 Å². The summed E-state index contributed by atoms with van der Waals surface area (Å²) < 4.78 is 0. The van der Waals surface area contributed by atoms with Crippen molar-refractivity contribution in [1.29, 1.82) is 0 Å². The number of aryl methyl sites for hydroxylation is 1. The number of hydrogen-bond donors (Lipinski definition) is 3. The van der Waals surface area contributed by atoms with Gasteiger partial charge in [-0.2, -0.15) is 0 Å². The fourth-order valence-electron chi connectivity index (χ4n) is 6.08. The standard InChI is InChI=1S/C34H42N4O5.C3H8/c1-3-11-27(31(40)33(42)35-19-4-2)36-32(41)28-16-10-20-38(28)34(43)30(26-21-24-14-8-9-15-25(24)22-26)37-29(39)18-17-23-12-6-5-7-13-23;1-3-2/h4-9,12-15,26-28,30H,2-3,10-11,16-22H2,1H3,(H,35,42)(H,36,41)(H,37,39);3H2,1-2H3/t27?,28-,30-;/m0./s1. The van der Waals surface area contributed by atoms with Crippen molar-refractivity contribution in [3.63, 3.8) is 0 Å². The number of fused-ring (bicyclic) bond motifs is 1. The quantitative estimate of drug-likeness (QED) is 0.214. The van der Waals surface area contributed by atoms with Crippen molar-refractivity contribution in [3.05, 3.63) is 83.9 Å². The third-order valence-electron chi connectivity index (χ3n) is 8.30. The summed E-state index contributed by atoms with van der Waals surface area (Å²) in [7, 11) is 0. The van der Waals surface area contributed by atoms with Gasteiger partial charge in [0, 0.05) is 19.5 Å². The van der Waals surface area contributed by atoms with Crippen LogP contribution in [0.15, 0.2) is 67.3 Å². The van der Waals surface area contributed by atoms with Crippen molar-refractivity contribution in [2.75, 3.05) is 13.1 Å². The molecular formula is C37H50N4O5. The highest BCUT2D eigenvalue weighted by atomic mass is 16.2. The van der Waals surface area contributed by atoms with E-state index in [1.54, 1.807) is 4.90 Å². The highest BCUT2D eigenvalue weighted by molar-refractivity contribution is 6.38. The van der Waals surface area contributed by atoms with Crippen molar-refractivity contribution in [1.82, 2.24) is 20.9 Å². The summed E-state index contributed by atoms with van der Waals surface area (Å²) in [6.45, 7) is 10.2. The van der Waals surface area contributed by atoms with E-state index in [0.717, 1.165) is 16.7 Å². The predicted molar refractivity (Wildman–Crippen MR) is 180 cm³/mol. The first-order chi connectivity index (χ1) is 22.2. The summed E-state index contributed by atoms with van der Waals surface area (Å²) in [4.78, 5) is 67.5. The highest BCUT2D eigenvalue weighted by Gasteiger charge is 2.42.